The lowest BCUT2D eigenvalue weighted by molar-refractivity contribution is 0.102. The molecule has 0 aromatic heterocycles. The molecule has 0 fully saturated rings. The fourth-order valence-corrected chi connectivity index (χ4v) is 1.45. The van der Waals surface area contributed by atoms with Crippen LogP contribution in [0.4, 0.5) is 0 Å². The number of rotatable bonds is 7. The predicted molar refractivity (Wildman–Crippen MR) is 67.6 cm³/mol. The zero-order chi connectivity index (χ0) is 12.7. The Bertz CT molecular complexity index is 341. The predicted octanol–water partition coefficient (Wildman–Crippen LogP) is 1.56. The van der Waals surface area contributed by atoms with E-state index in [1.54, 1.807) is 7.11 Å². The average molecular weight is 239 g/mol. The highest BCUT2D eigenvalue weighted by atomic mass is 16.5. The van der Waals surface area contributed by atoms with Gasteiger partial charge in [-0.25, -0.2) is 0 Å². The van der Waals surface area contributed by atoms with Gasteiger partial charge in [-0.1, -0.05) is 13.0 Å². The lowest BCUT2D eigenvalue weighted by Crippen LogP contribution is -2.16. The number of ether oxygens (including phenoxy) is 2. The maximum absolute atomic E-state index is 9.48. The molecular weight excluding hydrogens is 218 g/mol. The van der Waals surface area contributed by atoms with E-state index in [2.05, 4.69) is 5.32 Å². The summed E-state index contributed by atoms with van der Waals surface area (Å²) in [5.74, 6) is 1.36. The van der Waals surface area contributed by atoms with Gasteiger partial charge in [0.2, 0.25) is 0 Å². The van der Waals surface area contributed by atoms with Gasteiger partial charge < -0.3 is 19.9 Å². The first-order valence-corrected chi connectivity index (χ1v) is 5.83. The Morgan fingerprint density at radius 2 is 2.12 bits per heavy atom. The van der Waals surface area contributed by atoms with Crippen molar-refractivity contribution in [2.75, 3.05) is 20.8 Å². The van der Waals surface area contributed by atoms with E-state index in [-0.39, 0.29) is 6.61 Å². The molecule has 4 nitrogen and oxygen atoms in total. The van der Waals surface area contributed by atoms with Crippen LogP contribution in [0.3, 0.4) is 0 Å². The van der Waals surface area contributed by atoms with E-state index in [9.17, 15) is 5.11 Å². The molecule has 17 heavy (non-hydrogen) atoms. The fraction of sp³-hybridized carbons (Fsp3) is 0.538. The third-order valence-electron chi connectivity index (χ3n) is 2.51. The van der Waals surface area contributed by atoms with Crippen molar-refractivity contribution in [3.8, 4) is 11.5 Å². The molecule has 0 saturated heterocycles. The van der Waals surface area contributed by atoms with E-state index in [0.717, 1.165) is 12.1 Å². The molecule has 0 saturated carbocycles. The van der Waals surface area contributed by atoms with Gasteiger partial charge in [0.15, 0.2) is 11.5 Å². The highest BCUT2D eigenvalue weighted by Gasteiger charge is 2.08. The van der Waals surface area contributed by atoms with Crippen molar-refractivity contribution >= 4 is 0 Å². The van der Waals surface area contributed by atoms with Crippen molar-refractivity contribution in [1.29, 1.82) is 0 Å². The number of benzene rings is 1. The molecule has 0 bridgehead atoms. The van der Waals surface area contributed by atoms with Gasteiger partial charge in [-0.3, -0.25) is 0 Å². The maximum Gasteiger partial charge on any atom is 0.161 e. The first-order chi connectivity index (χ1) is 8.21. The van der Waals surface area contributed by atoms with Crippen LogP contribution in [0.5, 0.6) is 11.5 Å². The first kappa shape index (κ1) is 13.8. The molecule has 1 atom stereocenters. The largest absolute Gasteiger partial charge is 0.493 e. The molecule has 96 valence electrons. The summed E-state index contributed by atoms with van der Waals surface area (Å²) in [6.45, 7) is 2.98. The van der Waals surface area contributed by atoms with Crippen molar-refractivity contribution in [3.05, 3.63) is 23.8 Å². The van der Waals surface area contributed by atoms with Crippen LogP contribution < -0.4 is 14.8 Å². The molecule has 0 amide bonds. The summed E-state index contributed by atoms with van der Waals surface area (Å²) in [4.78, 5) is 0. The number of hydrogen-bond donors (Lipinski definition) is 2. The van der Waals surface area contributed by atoms with E-state index in [1.807, 2.05) is 32.2 Å². The molecule has 1 rings (SSSR count). The van der Waals surface area contributed by atoms with Crippen LogP contribution in [0.1, 0.15) is 18.9 Å². The summed E-state index contributed by atoms with van der Waals surface area (Å²) >= 11 is 0. The number of aliphatic hydroxyl groups is 1. The molecule has 0 aliphatic heterocycles. The average Bonchev–Trinajstić information content (AvgIpc) is 2.36. The van der Waals surface area contributed by atoms with Crippen LogP contribution in [0.2, 0.25) is 0 Å². The van der Waals surface area contributed by atoms with E-state index < -0.39 is 6.10 Å². The number of hydrogen-bond acceptors (Lipinski definition) is 4. The molecule has 0 radical (unpaired) electrons. The lowest BCUT2D eigenvalue weighted by Gasteiger charge is -2.14. The Kier molecular flexibility index (Phi) is 5.80. The highest BCUT2D eigenvalue weighted by molar-refractivity contribution is 5.42. The topological polar surface area (TPSA) is 50.7 Å². The Hall–Kier alpha value is -1.26. The van der Waals surface area contributed by atoms with E-state index >= 15 is 0 Å². The maximum atomic E-state index is 9.48. The van der Waals surface area contributed by atoms with Gasteiger partial charge in [0.1, 0.15) is 6.61 Å². The molecule has 2 N–H and O–H groups in total. The normalized spacial score (nSPS) is 12.2. The van der Waals surface area contributed by atoms with Gasteiger partial charge in [0, 0.05) is 6.54 Å². The second-order valence-corrected chi connectivity index (χ2v) is 3.89. The van der Waals surface area contributed by atoms with E-state index in [0.29, 0.717) is 17.9 Å². The quantitative estimate of drug-likeness (QED) is 0.758. The summed E-state index contributed by atoms with van der Waals surface area (Å²) in [6.07, 6.45) is 0.242. The number of nitrogens with one attached hydrogen (secondary N) is 1. The summed E-state index contributed by atoms with van der Waals surface area (Å²) in [5.41, 5.74) is 1.12. The van der Waals surface area contributed by atoms with Crippen LogP contribution in [-0.4, -0.2) is 32.0 Å². The van der Waals surface area contributed by atoms with Crippen LogP contribution in [0, 0.1) is 0 Å². The van der Waals surface area contributed by atoms with Crippen molar-refractivity contribution in [2.24, 2.45) is 0 Å². The van der Waals surface area contributed by atoms with Gasteiger partial charge in [-0.2, -0.15) is 0 Å². The molecule has 0 aliphatic carbocycles. The third kappa shape index (κ3) is 4.24. The Labute approximate surface area is 103 Å². The fourth-order valence-electron chi connectivity index (χ4n) is 1.45. The highest BCUT2D eigenvalue weighted by Crippen LogP contribution is 2.28. The van der Waals surface area contributed by atoms with Gasteiger partial charge >= 0.3 is 0 Å². The first-order valence-electron chi connectivity index (χ1n) is 5.83. The van der Waals surface area contributed by atoms with Gasteiger partial charge in [0.05, 0.1) is 13.2 Å². The van der Waals surface area contributed by atoms with E-state index in [1.165, 1.54) is 0 Å². The van der Waals surface area contributed by atoms with Gasteiger partial charge in [0.25, 0.3) is 0 Å². The molecule has 1 unspecified atom stereocenters. The monoisotopic (exact) mass is 239 g/mol. The number of aliphatic hydroxyl groups excluding tert-OH is 1. The second-order valence-electron chi connectivity index (χ2n) is 3.89. The number of methoxy groups -OCH3 is 1. The summed E-state index contributed by atoms with van der Waals surface area (Å²) in [6, 6.07) is 5.79. The molecular formula is C13H21NO3. The minimum absolute atomic E-state index is 0.288. The van der Waals surface area contributed by atoms with Crippen LogP contribution >= 0.6 is 0 Å². The van der Waals surface area contributed by atoms with Crippen LogP contribution in [-0.2, 0) is 6.54 Å². The van der Waals surface area contributed by atoms with Crippen LogP contribution in [0.15, 0.2) is 18.2 Å². The summed E-state index contributed by atoms with van der Waals surface area (Å²) < 4.78 is 10.8. The standard InChI is InChI=1S/C13H21NO3/c1-4-11(15)9-17-13-7-10(8-14-2)5-6-12(13)16-3/h5-7,11,14-15H,4,8-9H2,1-3H3. The zero-order valence-electron chi connectivity index (χ0n) is 10.7. The van der Waals surface area contributed by atoms with Gasteiger partial charge in [-0.05, 0) is 31.2 Å². The van der Waals surface area contributed by atoms with E-state index in [4.69, 9.17) is 9.47 Å². The molecule has 0 heterocycles. The minimum atomic E-state index is -0.437. The molecule has 0 spiro atoms. The third-order valence-corrected chi connectivity index (χ3v) is 2.51. The van der Waals surface area contributed by atoms with Crippen molar-refractivity contribution in [1.82, 2.24) is 5.32 Å². The summed E-state index contributed by atoms with van der Waals surface area (Å²) in [7, 11) is 3.50. The van der Waals surface area contributed by atoms with Crippen molar-refractivity contribution in [2.45, 2.75) is 26.0 Å². The molecule has 1 aromatic rings. The smallest absolute Gasteiger partial charge is 0.161 e. The minimum Gasteiger partial charge on any atom is -0.493 e. The Morgan fingerprint density at radius 1 is 1.35 bits per heavy atom. The van der Waals surface area contributed by atoms with Crippen molar-refractivity contribution < 1.29 is 14.6 Å². The van der Waals surface area contributed by atoms with Crippen LogP contribution in [0.25, 0.3) is 0 Å². The molecule has 1 aromatic carbocycles. The Morgan fingerprint density at radius 3 is 2.71 bits per heavy atom. The Balaban J connectivity index is 2.75. The summed E-state index contributed by atoms with van der Waals surface area (Å²) in [5, 5.41) is 12.6. The lowest BCUT2D eigenvalue weighted by atomic mass is 10.2. The molecule has 0 aliphatic rings. The molecule has 4 heteroatoms. The van der Waals surface area contributed by atoms with Crippen molar-refractivity contribution in [3.63, 3.8) is 0 Å². The zero-order valence-corrected chi connectivity index (χ0v) is 10.7. The second kappa shape index (κ2) is 7.14. The SMILES string of the molecule is CCC(O)COc1cc(CNC)ccc1OC. The van der Waals surface area contributed by atoms with Gasteiger partial charge in [-0.15, -0.1) is 0 Å².